The first-order chi connectivity index (χ1) is 6.79. The second-order valence-corrected chi connectivity index (χ2v) is 3.06. The molecule has 0 saturated carbocycles. The van der Waals surface area contributed by atoms with E-state index in [0.29, 0.717) is 6.54 Å². The molecule has 0 aliphatic heterocycles. The van der Waals surface area contributed by atoms with Crippen molar-refractivity contribution in [3.63, 3.8) is 0 Å². The van der Waals surface area contributed by atoms with Gasteiger partial charge in [0.05, 0.1) is 6.33 Å². The smallest absolute Gasteiger partial charge is 0.216 e. The number of nitrogens with zero attached hydrogens (tertiary/aromatic N) is 1. The number of amides is 1. The summed E-state index contributed by atoms with van der Waals surface area (Å²) in [5, 5.41) is 5.93. The van der Waals surface area contributed by atoms with E-state index in [0.717, 1.165) is 25.2 Å². The molecule has 0 fully saturated rings. The van der Waals surface area contributed by atoms with E-state index in [9.17, 15) is 4.79 Å². The predicted octanol–water partition coefficient (Wildman–Crippen LogP) is -0.322. The SMILES string of the molecule is CC(=O)NCCNCCc1cnc[nH]1. The number of carbonyl (C=O) groups excluding carboxylic acids is 1. The molecule has 0 aliphatic rings. The summed E-state index contributed by atoms with van der Waals surface area (Å²) in [6, 6.07) is 0. The summed E-state index contributed by atoms with van der Waals surface area (Å²) in [5.41, 5.74) is 1.12. The van der Waals surface area contributed by atoms with Crippen molar-refractivity contribution in [1.82, 2.24) is 20.6 Å². The lowest BCUT2D eigenvalue weighted by Crippen LogP contribution is -2.31. The van der Waals surface area contributed by atoms with Crippen LogP contribution < -0.4 is 10.6 Å². The van der Waals surface area contributed by atoms with Crippen LogP contribution in [0.2, 0.25) is 0 Å². The number of H-pyrrole nitrogens is 1. The molecule has 1 aromatic rings. The first kappa shape index (κ1) is 10.7. The van der Waals surface area contributed by atoms with Crippen molar-refractivity contribution in [3.8, 4) is 0 Å². The van der Waals surface area contributed by atoms with Gasteiger partial charge in [0, 0.05) is 44.9 Å². The molecule has 1 amide bonds. The fraction of sp³-hybridized carbons (Fsp3) is 0.556. The minimum Gasteiger partial charge on any atom is -0.355 e. The molecule has 0 bridgehead atoms. The van der Waals surface area contributed by atoms with E-state index in [4.69, 9.17) is 0 Å². The highest BCUT2D eigenvalue weighted by Gasteiger charge is 1.93. The largest absolute Gasteiger partial charge is 0.355 e. The Balaban J connectivity index is 1.92. The van der Waals surface area contributed by atoms with E-state index in [1.54, 1.807) is 6.33 Å². The van der Waals surface area contributed by atoms with E-state index < -0.39 is 0 Å². The Kier molecular flexibility index (Phi) is 4.71. The number of hydrogen-bond acceptors (Lipinski definition) is 3. The molecule has 0 radical (unpaired) electrons. The van der Waals surface area contributed by atoms with Crippen molar-refractivity contribution in [2.75, 3.05) is 19.6 Å². The van der Waals surface area contributed by atoms with Gasteiger partial charge in [-0.25, -0.2) is 4.98 Å². The van der Waals surface area contributed by atoms with Crippen LogP contribution in [0.1, 0.15) is 12.6 Å². The Bertz CT molecular complexity index is 258. The molecule has 1 aromatic heterocycles. The molecule has 5 nitrogen and oxygen atoms in total. The van der Waals surface area contributed by atoms with Gasteiger partial charge in [-0.2, -0.15) is 0 Å². The fourth-order valence-corrected chi connectivity index (χ4v) is 1.10. The first-order valence-electron chi connectivity index (χ1n) is 4.71. The summed E-state index contributed by atoms with van der Waals surface area (Å²) in [5.74, 6) is 0.0142. The Morgan fingerprint density at radius 2 is 2.36 bits per heavy atom. The lowest BCUT2D eigenvalue weighted by molar-refractivity contribution is -0.118. The summed E-state index contributed by atoms with van der Waals surface area (Å²) < 4.78 is 0. The Hall–Kier alpha value is -1.36. The van der Waals surface area contributed by atoms with Crippen LogP contribution in [0.25, 0.3) is 0 Å². The molecule has 0 saturated heterocycles. The Morgan fingerprint density at radius 1 is 1.50 bits per heavy atom. The predicted molar refractivity (Wildman–Crippen MR) is 53.8 cm³/mol. The minimum atomic E-state index is 0.0142. The van der Waals surface area contributed by atoms with Gasteiger partial charge in [-0.1, -0.05) is 0 Å². The average Bonchev–Trinajstić information content (AvgIpc) is 2.63. The topological polar surface area (TPSA) is 69.8 Å². The van der Waals surface area contributed by atoms with Crippen LogP contribution in [0, 0.1) is 0 Å². The van der Waals surface area contributed by atoms with Crippen LogP contribution in [0.15, 0.2) is 12.5 Å². The quantitative estimate of drug-likeness (QED) is 0.546. The number of aromatic nitrogens is 2. The number of carbonyl (C=O) groups is 1. The summed E-state index contributed by atoms with van der Waals surface area (Å²) >= 11 is 0. The zero-order chi connectivity index (χ0) is 10.2. The van der Waals surface area contributed by atoms with Crippen molar-refractivity contribution >= 4 is 5.91 Å². The zero-order valence-electron chi connectivity index (χ0n) is 8.34. The van der Waals surface area contributed by atoms with Gasteiger partial charge in [0.15, 0.2) is 0 Å². The number of nitrogens with one attached hydrogen (secondary N) is 3. The average molecular weight is 196 g/mol. The number of hydrogen-bond donors (Lipinski definition) is 3. The van der Waals surface area contributed by atoms with Crippen LogP contribution in [0.3, 0.4) is 0 Å². The molecule has 1 rings (SSSR count). The highest BCUT2D eigenvalue weighted by Crippen LogP contribution is 1.89. The first-order valence-corrected chi connectivity index (χ1v) is 4.71. The van der Waals surface area contributed by atoms with Gasteiger partial charge in [0.1, 0.15) is 0 Å². The van der Waals surface area contributed by atoms with Crippen LogP contribution in [0.4, 0.5) is 0 Å². The van der Waals surface area contributed by atoms with E-state index >= 15 is 0 Å². The Morgan fingerprint density at radius 3 is 3.00 bits per heavy atom. The van der Waals surface area contributed by atoms with Crippen LogP contribution in [-0.4, -0.2) is 35.5 Å². The molecule has 0 atom stereocenters. The summed E-state index contributed by atoms with van der Waals surface area (Å²) in [7, 11) is 0. The lowest BCUT2D eigenvalue weighted by Gasteiger charge is -2.03. The van der Waals surface area contributed by atoms with Crippen molar-refractivity contribution in [2.45, 2.75) is 13.3 Å². The third-order valence-corrected chi connectivity index (χ3v) is 1.80. The molecule has 1 heterocycles. The van der Waals surface area contributed by atoms with Gasteiger partial charge in [-0.3, -0.25) is 4.79 Å². The number of aromatic amines is 1. The van der Waals surface area contributed by atoms with Crippen LogP contribution >= 0.6 is 0 Å². The monoisotopic (exact) mass is 196 g/mol. The molecule has 5 heteroatoms. The van der Waals surface area contributed by atoms with Crippen LogP contribution in [-0.2, 0) is 11.2 Å². The summed E-state index contributed by atoms with van der Waals surface area (Å²) in [6.45, 7) is 3.89. The van der Waals surface area contributed by atoms with Gasteiger partial charge >= 0.3 is 0 Å². The summed E-state index contributed by atoms with van der Waals surface area (Å²) in [6.07, 6.45) is 4.42. The molecule has 0 spiro atoms. The standard InChI is InChI=1S/C9H16N4O/c1-8(14)12-5-4-10-3-2-9-6-11-7-13-9/h6-7,10H,2-5H2,1H3,(H,11,13)(H,12,14). The Labute approximate surface area is 83.3 Å². The molecule has 78 valence electrons. The molecule has 0 unspecified atom stereocenters. The number of rotatable bonds is 6. The second-order valence-electron chi connectivity index (χ2n) is 3.06. The van der Waals surface area contributed by atoms with Gasteiger partial charge in [0.2, 0.25) is 5.91 Å². The van der Waals surface area contributed by atoms with Crippen molar-refractivity contribution in [2.24, 2.45) is 0 Å². The third kappa shape index (κ3) is 4.61. The molecule has 0 aliphatic carbocycles. The maximum atomic E-state index is 10.5. The number of imidazole rings is 1. The maximum Gasteiger partial charge on any atom is 0.216 e. The van der Waals surface area contributed by atoms with Crippen molar-refractivity contribution < 1.29 is 4.79 Å². The van der Waals surface area contributed by atoms with E-state index in [1.807, 2.05) is 6.20 Å². The van der Waals surface area contributed by atoms with Gasteiger partial charge in [0.25, 0.3) is 0 Å². The van der Waals surface area contributed by atoms with Gasteiger partial charge < -0.3 is 15.6 Å². The highest BCUT2D eigenvalue weighted by molar-refractivity contribution is 5.72. The maximum absolute atomic E-state index is 10.5. The summed E-state index contributed by atoms with van der Waals surface area (Å²) in [4.78, 5) is 17.5. The minimum absolute atomic E-state index is 0.0142. The molecule has 0 aromatic carbocycles. The van der Waals surface area contributed by atoms with Crippen LogP contribution in [0.5, 0.6) is 0 Å². The second kappa shape index (κ2) is 6.15. The molecular weight excluding hydrogens is 180 g/mol. The lowest BCUT2D eigenvalue weighted by atomic mass is 10.3. The third-order valence-electron chi connectivity index (χ3n) is 1.80. The highest BCUT2D eigenvalue weighted by atomic mass is 16.1. The normalized spacial score (nSPS) is 10.1. The van der Waals surface area contributed by atoms with E-state index in [-0.39, 0.29) is 5.91 Å². The zero-order valence-corrected chi connectivity index (χ0v) is 8.34. The van der Waals surface area contributed by atoms with Gasteiger partial charge in [-0.15, -0.1) is 0 Å². The molecule has 14 heavy (non-hydrogen) atoms. The van der Waals surface area contributed by atoms with Crippen molar-refractivity contribution in [1.29, 1.82) is 0 Å². The fourth-order valence-electron chi connectivity index (χ4n) is 1.10. The van der Waals surface area contributed by atoms with Crippen molar-refractivity contribution in [3.05, 3.63) is 18.2 Å². The molecular formula is C9H16N4O. The van der Waals surface area contributed by atoms with Gasteiger partial charge in [-0.05, 0) is 0 Å². The van der Waals surface area contributed by atoms with E-state index in [1.165, 1.54) is 6.92 Å². The van der Waals surface area contributed by atoms with E-state index in [2.05, 4.69) is 20.6 Å². The molecule has 3 N–H and O–H groups in total.